The van der Waals surface area contributed by atoms with E-state index in [-0.39, 0.29) is 5.54 Å². The molecule has 0 aliphatic carbocycles. The van der Waals surface area contributed by atoms with E-state index in [9.17, 15) is 0 Å². The van der Waals surface area contributed by atoms with Gasteiger partial charge < -0.3 is 5.73 Å². The zero-order valence-electron chi connectivity index (χ0n) is 12.9. The average molecular weight is 262 g/mol. The number of nitrogens with zero attached hydrogens (tertiary/aromatic N) is 1. The van der Waals surface area contributed by atoms with Crippen molar-refractivity contribution in [3.63, 3.8) is 0 Å². The molecular formula is C17H30N2. The first kappa shape index (κ1) is 16.2. The largest absolute Gasteiger partial charge is 0.329 e. The van der Waals surface area contributed by atoms with Crippen LogP contribution in [0.5, 0.6) is 0 Å². The van der Waals surface area contributed by atoms with Crippen molar-refractivity contribution in [1.29, 1.82) is 0 Å². The minimum Gasteiger partial charge on any atom is -0.329 e. The molecule has 0 aromatic heterocycles. The smallest absolute Gasteiger partial charge is 0.0306 e. The first-order valence-corrected chi connectivity index (χ1v) is 7.65. The minimum atomic E-state index is 0.127. The van der Waals surface area contributed by atoms with Crippen molar-refractivity contribution < 1.29 is 0 Å². The molecule has 0 radical (unpaired) electrons. The Morgan fingerprint density at radius 2 is 1.63 bits per heavy atom. The standard InChI is InChI=1S/C17H30N2/c1-4-13-19(14-5-2)17(3,15-18)12-11-16-9-7-6-8-10-16/h6-10H,4-5,11-15,18H2,1-3H3. The number of nitrogens with two attached hydrogens (primary N) is 1. The fraction of sp³-hybridized carbons (Fsp3) is 0.647. The molecule has 2 N–H and O–H groups in total. The Bertz CT molecular complexity index is 330. The summed E-state index contributed by atoms with van der Waals surface area (Å²) in [6, 6.07) is 10.7. The highest BCUT2D eigenvalue weighted by molar-refractivity contribution is 5.15. The summed E-state index contributed by atoms with van der Waals surface area (Å²) in [7, 11) is 0. The Balaban J connectivity index is 2.66. The molecule has 1 aromatic rings. The molecule has 1 unspecified atom stereocenters. The van der Waals surface area contributed by atoms with E-state index in [4.69, 9.17) is 5.73 Å². The molecule has 1 rings (SSSR count). The van der Waals surface area contributed by atoms with Crippen molar-refractivity contribution in [1.82, 2.24) is 4.90 Å². The molecule has 0 amide bonds. The fourth-order valence-electron chi connectivity index (χ4n) is 2.64. The second kappa shape index (κ2) is 8.34. The fourth-order valence-corrected chi connectivity index (χ4v) is 2.64. The lowest BCUT2D eigenvalue weighted by Crippen LogP contribution is -2.52. The molecule has 0 bridgehead atoms. The summed E-state index contributed by atoms with van der Waals surface area (Å²) in [6.45, 7) is 9.85. The summed E-state index contributed by atoms with van der Waals surface area (Å²) in [5.74, 6) is 0. The third-order valence-electron chi connectivity index (χ3n) is 3.99. The van der Waals surface area contributed by atoms with Gasteiger partial charge in [0.05, 0.1) is 0 Å². The van der Waals surface area contributed by atoms with Gasteiger partial charge in [0.1, 0.15) is 0 Å². The van der Waals surface area contributed by atoms with E-state index in [0.29, 0.717) is 0 Å². The van der Waals surface area contributed by atoms with E-state index in [1.807, 2.05) is 0 Å². The van der Waals surface area contributed by atoms with Crippen LogP contribution in [0.1, 0.15) is 45.6 Å². The van der Waals surface area contributed by atoms with Crippen molar-refractivity contribution in [2.24, 2.45) is 5.73 Å². The molecule has 2 nitrogen and oxygen atoms in total. The predicted octanol–water partition coefficient (Wildman–Crippen LogP) is 3.46. The van der Waals surface area contributed by atoms with E-state index >= 15 is 0 Å². The molecule has 2 heteroatoms. The SMILES string of the molecule is CCCN(CCC)C(C)(CN)CCc1ccccc1. The van der Waals surface area contributed by atoms with Gasteiger partial charge in [0.15, 0.2) is 0 Å². The van der Waals surface area contributed by atoms with Gasteiger partial charge in [-0.05, 0) is 51.3 Å². The summed E-state index contributed by atoms with van der Waals surface area (Å²) in [4.78, 5) is 2.58. The normalized spacial score (nSPS) is 14.6. The zero-order chi connectivity index (χ0) is 14.1. The van der Waals surface area contributed by atoms with E-state index in [1.165, 1.54) is 18.4 Å². The van der Waals surface area contributed by atoms with Gasteiger partial charge in [-0.1, -0.05) is 44.2 Å². The van der Waals surface area contributed by atoms with Crippen molar-refractivity contribution >= 4 is 0 Å². The molecule has 0 fully saturated rings. The summed E-state index contributed by atoms with van der Waals surface area (Å²) in [6.07, 6.45) is 4.63. The summed E-state index contributed by atoms with van der Waals surface area (Å²) in [5, 5.41) is 0. The van der Waals surface area contributed by atoms with Crippen LogP contribution in [-0.4, -0.2) is 30.1 Å². The maximum absolute atomic E-state index is 6.09. The lowest BCUT2D eigenvalue weighted by atomic mass is 9.90. The molecule has 0 spiro atoms. The monoisotopic (exact) mass is 262 g/mol. The molecule has 0 heterocycles. The number of hydrogen-bond acceptors (Lipinski definition) is 2. The van der Waals surface area contributed by atoms with Crippen molar-refractivity contribution in [3.8, 4) is 0 Å². The molecule has 0 saturated heterocycles. The van der Waals surface area contributed by atoms with E-state index < -0.39 is 0 Å². The van der Waals surface area contributed by atoms with Crippen LogP contribution >= 0.6 is 0 Å². The van der Waals surface area contributed by atoms with Crippen LogP contribution in [0, 0.1) is 0 Å². The quantitative estimate of drug-likeness (QED) is 0.738. The number of benzene rings is 1. The highest BCUT2D eigenvalue weighted by Gasteiger charge is 2.28. The highest BCUT2D eigenvalue weighted by atomic mass is 15.2. The summed E-state index contributed by atoms with van der Waals surface area (Å²) >= 11 is 0. The topological polar surface area (TPSA) is 29.3 Å². The van der Waals surface area contributed by atoms with Crippen LogP contribution in [-0.2, 0) is 6.42 Å². The van der Waals surface area contributed by atoms with Crippen molar-refractivity contribution in [2.75, 3.05) is 19.6 Å². The Kier molecular flexibility index (Phi) is 7.11. The first-order chi connectivity index (χ1) is 9.16. The maximum Gasteiger partial charge on any atom is 0.0306 e. The predicted molar refractivity (Wildman–Crippen MR) is 84.4 cm³/mol. The lowest BCUT2D eigenvalue weighted by molar-refractivity contribution is 0.101. The zero-order valence-corrected chi connectivity index (χ0v) is 12.9. The van der Waals surface area contributed by atoms with Crippen LogP contribution in [0.25, 0.3) is 0 Å². The maximum atomic E-state index is 6.09. The van der Waals surface area contributed by atoms with Crippen LogP contribution in [0.15, 0.2) is 30.3 Å². The Morgan fingerprint density at radius 1 is 1.05 bits per heavy atom. The van der Waals surface area contributed by atoms with Crippen LogP contribution < -0.4 is 5.73 Å². The third kappa shape index (κ3) is 4.96. The number of aryl methyl sites for hydroxylation is 1. The van der Waals surface area contributed by atoms with Gasteiger partial charge >= 0.3 is 0 Å². The van der Waals surface area contributed by atoms with Crippen LogP contribution in [0.4, 0.5) is 0 Å². The van der Waals surface area contributed by atoms with Gasteiger partial charge in [-0.25, -0.2) is 0 Å². The molecule has 19 heavy (non-hydrogen) atoms. The number of rotatable bonds is 9. The first-order valence-electron chi connectivity index (χ1n) is 7.65. The van der Waals surface area contributed by atoms with Gasteiger partial charge in [0, 0.05) is 12.1 Å². The van der Waals surface area contributed by atoms with Crippen LogP contribution in [0.2, 0.25) is 0 Å². The molecule has 0 aliphatic rings. The lowest BCUT2D eigenvalue weighted by Gasteiger charge is -2.41. The minimum absolute atomic E-state index is 0.127. The molecule has 1 atom stereocenters. The van der Waals surface area contributed by atoms with Crippen LogP contribution in [0.3, 0.4) is 0 Å². The van der Waals surface area contributed by atoms with Crippen molar-refractivity contribution in [2.45, 2.75) is 52.0 Å². The number of hydrogen-bond donors (Lipinski definition) is 1. The Hall–Kier alpha value is -0.860. The van der Waals surface area contributed by atoms with Crippen molar-refractivity contribution in [3.05, 3.63) is 35.9 Å². The summed E-state index contributed by atoms with van der Waals surface area (Å²) < 4.78 is 0. The van der Waals surface area contributed by atoms with E-state index in [0.717, 1.165) is 32.5 Å². The molecule has 0 aliphatic heterocycles. The third-order valence-corrected chi connectivity index (χ3v) is 3.99. The average Bonchev–Trinajstić information content (AvgIpc) is 2.46. The second-order valence-corrected chi connectivity index (χ2v) is 5.67. The molecule has 1 aromatic carbocycles. The van der Waals surface area contributed by atoms with Gasteiger partial charge in [-0.15, -0.1) is 0 Å². The molecule has 0 saturated carbocycles. The Labute approximate surface area is 119 Å². The second-order valence-electron chi connectivity index (χ2n) is 5.67. The molecular weight excluding hydrogens is 232 g/mol. The molecule has 108 valence electrons. The Morgan fingerprint density at radius 3 is 2.11 bits per heavy atom. The van der Waals surface area contributed by atoms with Gasteiger partial charge in [-0.3, -0.25) is 4.90 Å². The summed E-state index contributed by atoms with van der Waals surface area (Å²) in [5.41, 5.74) is 7.63. The van der Waals surface area contributed by atoms with Gasteiger partial charge in [0.2, 0.25) is 0 Å². The van der Waals surface area contributed by atoms with E-state index in [1.54, 1.807) is 0 Å². The highest BCUT2D eigenvalue weighted by Crippen LogP contribution is 2.22. The van der Waals surface area contributed by atoms with E-state index in [2.05, 4.69) is 56.0 Å². The van der Waals surface area contributed by atoms with Gasteiger partial charge in [-0.2, -0.15) is 0 Å². The van der Waals surface area contributed by atoms with Gasteiger partial charge in [0.25, 0.3) is 0 Å².